The normalized spacial score (nSPS) is 13.1. The molecule has 0 saturated carbocycles. The predicted octanol–water partition coefficient (Wildman–Crippen LogP) is 1.24. The van der Waals surface area contributed by atoms with Crippen LogP contribution in [0.25, 0.3) is 5.65 Å². The Labute approximate surface area is 105 Å². The summed E-state index contributed by atoms with van der Waals surface area (Å²) in [5.74, 6) is 1.44. The van der Waals surface area contributed by atoms with Crippen LogP contribution in [0, 0.1) is 5.92 Å². The van der Waals surface area contributed by atoms with Gasteiger partial charge in [0.25, 0.3) is 0 Å². The molecule has 1 atom stereocenters. The number of aryl methyl sites for hydroxylation is 1. The molecule has 0 aliphatic heterocycles. The van der Waals surface area contributed by atoms with Crippen molar-refractivity contribution < 1.29 is 0 Å². The van der Waals surface area contributed by atoms with E-state index < -0.39 is 0 Å². The van der Waals surface area contributed by atoms with Crippen LogP contribution in [0.3, 0.4) is 0 Å². The van der Waals surface area contributed by atoms with Crippen molar-refractivity contribution in [2.24, 2.45) is 5.92 Å². The van der Waals surface area contributed by atoms with E-state index in [-0.39, 0.29) is 5.69 Å². The van der Waals surface area contributed by atoms with E-state index in [0.29, 0.717) is 18.1 Å². The molecule has 5 nitrogen and oxygen atoms in total. The Kier molecular flexibility index (Phi) is 3.83. The standard InChI is InChI=1S/C11H16N4OS/c1-9(3-7-17)2-5-15-11(16)14-6-4-12-8-10(14)13-15/h4,6,8-9,17H,2-3,5,7H2,1H3. The van der Waals surface area contributed by atoms with E-state index in [1.807, 2.05) is 0 Å². The second-order valence-corrected chi connectivity index (χ2v) is 4.66. The summed E-state index contributed by atoms with van der Waals surface area (Å²) in [5, 5.41) is 4.23. The van der Waals surface area contributed by atoms with Crippen LogP contribution in [0.4, 0.5) is 0 Å². The Morgan fingerprint density at radius 3 is 3.00 bits per heavy atom. The number of aromatic nitrogens is 4. The lowest BCUT2D eigenvalue weighted by Gasteiger charge is -2.07. The third-order valence-corrected chi connectivity index (χ3v) is 3.10. The van der Waals surface area contributed by atoms with Gasteiger partial charge in [-0.2, -0.15) is 12.6 Å². The van der Waals surface area contributed by atoms with E-state index in [1.54, 1.807) is 18.6 Å². The Balaban J connectivity index is 2.14. The molecular formula is C11H16N4OS. The van der Waals surface area contributed by atoms with Gasteiger partial charge in [0, 0.05) is 18.9 Å². The van der Waals surface area contributed by atoms with Crippen molar-refractivity contribution in [2.75, 3.05) is 5.75 Å². The first-order chi connectivity index (χ1) is 8.22. The number of rotatable bonds is 5. The second-order valence-electron chi connectivity index (χ2n) is 4.22. The van der Waals surface area contributed by atoms with Gasteiger partial charge in [-0.05, 0) is 24.5 Å². The summed E-state index contributed by atoms with van der Waals surface area (Å²) in [6.45, 7) is 2.81. The molecule has 0 N–H and O–H groups in total. The first kappa shape index (κ1) is 12.2. The SMILES string of the molecule is CC(CCS)CCn1nc2cnccn2c1=O. The fraction of sp³-hybridized carbons (Fsp3) is 0.545. The highest BCUT2D eigenvalue weighted by Gasteiger charge is 2.07. The maximum Gasteiger partial charge on any atom is 0.350 e. The lowest BCUT2D eigenvalue weighted by molar-refractivity contribution is 0.444. The number of fused-ring (bicyclic) bond motifs is 1. The van der Waals surface area contributed by atoms with Crippen molar-refractivity contribution in [3.63, 3.8) is 0 Å². The van der Waals surface area contributed by atoms with Crippen LogP contribution < -0.4 is 5.69 Å². The average Bonchev–Trinajstić information content (AvgIpc) is 2.65. The third kappa shape index (κ3) is 2.69. The maximum atomic E-state index is 11.9. The van der Waals surface area contributed by atoms with Gasteiger partial charge in [-0.1, -0.05) is 6.92 Å². The molecule has 0 spiro atoms. The van der Waals surface area contributed by atoms with Crippen LogP contribution in [0.5, 0.6) is 0 Å². The molecule has 2 rings (SSSR count). The number of hydrogen-bond acceptors (Lipinski definition) is 4. The number of nitrogens with zero attached hydrogens (tertiary/aromatic N) is 4. The summed E-state index contributed by atoms with van der Waals surface area (Å²) in [5.41, 5.74) is 0.500. The fourth-order valence-corrected chi connectivity index (χ4v) is 2.17. The second kappa shape index (κ2) is 5.35. The van der Waals surface area contributed by atoms with Crippen molar-refractivity contribution >= 4 is 18.3 Å². The summed E-state index contributed by atoms with van der Waals surface area (Å²) in [7, 11) is 0. The van der Waals surface area contributed by atoms with E-state index in [2.05, 4.69) is 29.6 Å². The van der Waals surface area contributed by atoms with Gasteiger partial charge in [0.05, 0.1) is 6.20 Å². The van der Waals surface area contributed by atoms with E-state index in [4.69, 9.17) is 0 Å². The molecule has 0 fully saturated rings. The fourth-order valence-electron chi connectivity index (χ4n) is 1.73. The van der Waals surface area contributed by atoms with Gasteiger partial charge in [0.2, 0.25) is 0 Å². The summed E-state index contributed by atoms with van der Waals surface area (Å²) in [6.07, 6.45) is 6.82. The molecular weight excluding hydrogens is 236 g/mol. The van der Waals surface area contributed by atoms with Gasteiger partial charge in [-0.25, -0.2) is 13.9 Å². The molecule has 0 radical (unpaired) electrons. The molecule has 0 aromatic carbocycles. The Hall–Kier alpha value is -1.30. The molecule has 0 aliphatic rings. The first-order valence-corrected chi connectivity index (χ1v) is 6.35. The summed E-state index contributed by atoms with van der Waals surface area (Å²) < 4.78 is 3.02. The van der Waals surface area contributed by atoms with Crippen LogP contribution in [0.2, 0.25) is 0 Å². The molecule has 0 aliphatic carbocycles. The van der Waals surface area contributed by atoms with Gasteiger partial charge >= 0.3 is 5.69 Å². The minimum Gasteiger partial charge on any atom is -0.259 e. The lowest BCUT2D eigenvalue weighted by Crippen LogP contribution is -2.22. The highest BCUT2D eigenvalue weighted by atomic mass is 32.1. The van der Waals surface area contributed by atoms with Crippen LogP contribution in [-0.4, -0.2) is 24.9 Å². The zero-order valence-electron chi connectivity index (χ0n) is 9.78. The van der Waals surface area contributed by atoms with Crippen LogP contribution >= 0.6 is 12.6 Å². The molecule has 0 saturated heterocycles. The molecule has 2 aromatic rings. The predicted molar refractivity (Wildman–Crippen MR) is 69.5 cm³/mol. The van der Waals surface area contributed by atoms with Crippen LogP contribution in [0.1, 0.15) is 19.8 Å². The van der Waals surface area contributed by atoms with Gasteiger partial charge < -0.3 is 0 Å². The first-order valence-electron chi connectivity index (χ1n) is 5.72. The Bertz CT molecular complexity index is 548. The van der Waals surface area contributed by atoms with Crippen molar-refractivity contribution in [2.45, 2.75) is 26.3 Å². The van der Waals surface area contributed by atoms with Crippen LogP contribution in [-0.2, 0) is 6.54 Å². The van der Waals surface area contributed by atoms with E-state index in [9.17, 15) is 4.79 Å². The average molecular weight is 252 g/mol. The highest BCUT2D eigenvalue weighted by molar-refractivity contribution is 7.80. The molecule has 2 heterocycles. The molecule has 92 valence electrons. The molecule has 0 amide bonds. The van der Waals surface area contributed by atoms with Crippen molar-refractivity contribution in [3.05, 3.63) is 29.1 Å². The van der Waals surface area contributed by atoms with Crippen LogP contribution in [0.15, 0.2) is 23.4 Å². The molecule has 1 unspecified atom stereocenters. The van der Waals surface area contributed by atoms with E-state index in [1.165, 1.54) is 9.08 Å². The van der Waals surface area contributed by atoms with Gasteiger partial charge in [-0.15, -0.1) is 5.10 Å². The summed E-state index contributed by atoms with van der Waals surface area (Å²) in [6, 6.07) is 0. The maximum absolute atomic E-state index is 11.9. The smallest absolute Gasteiger partial charge is 0.259 e. The zero-order valence-corrected chi connectivity index (χ0v) is 10.7. The largest absolute Gasteiger partial charge is 0.350 e. The zero-order chi connectivity index (χ0) is 12.3. The van der Waals surface area contributed by atoms with Gasteiger partial charge in [0.1, 0.15) is 0 Å². The van der Waals surface area contributed by atoms with Crippen molar-refractivity contribution in [1.29, 1.82) is 0 Å². The number of thiol groups is 1. The van der Waals surface area contributed by atoms with Gasteiger partial charge in [0.15, 0.2) is 5.65 Å². The molecule has 17 heavy (non-hydrogen) atoms. The minimum atomic E-state index is -0.0968. The molecule has 6 heteroatoms. The van der Waals surface area contributed by atoms with E-state index >= 15 is 0 Å². The van der Waals surface area contributed by atoms with E-state index in [0.717, 1.165) is 18.6 Å². The monoisotopic (exact) mass is 252 g/mol. The summed E-state index contributed by atoms with van der Waals surface area (Å²) in [4.78, 5) is 15.9. The lowest BCUT2D eigenvalue weighted by atomic mass is 10.1. The molecule has 2 aromatic heterocycles. The number of hydrogen-bond donors (Lipinski definition) is 1. The third-order valence-electron chi connectivity index (χ3n) is 2.84. The van der Waals surface area contributed by atoms with Crippen molar-refractivity contribution in [3.8, 4) is 0 Å². The quantitative estimate of drug-likeness (QED) is 0.815. The minimum absolute atomic E-state index is 0.0968. The molecule has 0 bridgehead atoms. The Morgan fingerprint density at radius 2 is 2.29 bits per heavy atom. The Morgan fingerprint density at radius 1 is 1.47 bits per heavy atom. The summed E-state index contributed by atoms with van der Waals surface area (Å²) >= 11 is 4.20. The highest BCUT2D eigenvalue weighted by Crippen LogP contribution is 2.08. The topological polar surface area (TPSA) is 52.2 Å². The van der Waals surface area contributed by atoms with Gasteiger partial charge in [-0.3, -0.25) is 4.98 Å². The van der Waals surface area contributed by atoms with Crippen molar-refractivity contribution in [1.82, 2.24) is 19.2 Å².